The minimum Gasteiger partial charge on any atom is -0.230 e. The molecule has 0 fully saturated rings. The van der Waals surface area contributed by atoms with Crippen LogP contribution in [0.1, 0.15) is 61.2 Å². The maximum Gasteiger partial charge on any atom is 0.416 e. The molecule has 0 unspecified atom stereocenters. The molecule has 27 heteroatoms. The zero-order valence-electron chi connectivity index (χ0n) is 38.6. The number of halogens is 24. The van der Waals surface area contributed by atoms with E-state index < -0.39 is 195 Å². The van der Waals surface area contributed by atoms with Gasteiger partial charge in [-0.25, -0.2) is 4.84 Å². The number of rotatable bonds is 6. The van der Waals surface area contributed by atoms with Crippen LogP contribution in [0, 0.1) is 20.8 Å². The number of aryl methyl sites for hydroxylation is 3. The summed E-state index contributed by atoms with van der Waals surface area (Å²) in [5.74, 6) is 0.928. The smallest absolute Gasteiger partial charge is 0.230 e. The zero-order chi connectivity index (χ0) is 58.0. The lowest BCUT2D eigenvalue weighted by molar-refractivity contribution is -0.854. The lowest BCUT2D eigenvalue weighted by Crippen LogP contribution is -2.75. The Morgan fingerprint density at radius 2 is 0.571 bits per heavy atom. The van der Waals surface area contributed by atoms with Crippen molar-refractivity contribution in [3.8, 4) is 5.75 Å². The lowest BCUT2D eigenvalue weighted by atomic mass is 9.12. The van der Waals surface area contributed by atoms with Gasteiger partial charge >= 0.3 is 49.4 Å². The molecular formula is C50H30BF24NO. The second-order valence-corrected chi connectivity index (χ2v) is 17.4. The molecule has 7 aromatic rings. The van der Waals surface area contributed by atoms with Crippen LogP contribution in [-0.4, -0.2) is 6.15 Å². The van der Waals surface area contributed by atoms with Crippen molar-refractivity contribution in [1.29, 1.82) is 0 Å². The summed E-state index contributed by atoms with van der Waals surface area (Å²) in [4.78, 5) is 6.12. The fourth-order valence-corrected chi connectivity index (χ4v) is 8.69. The Bertz CT molecular complexity index is 2850. The average Bonchev–Trinajstić information content (AvgIpc) is 3.28. The SMILES string of the molecule is Cc1cc(C)c(O[n+]2cccc3ccccc32)c(C)c1.FC(F)(F)c1cc([B-](c2cc(C(F)(F)F)cc(C(F)(F)F)c2)(c2cc(C(F)(F)F)cc(C(F)(F)F)c2)c2cc(C(F)(F)F)cc(C(F)(F)F)c2)cc(C(F)(F)F)c1. The number of para-hydroxylation sites is 1. The highest BCUT2D eigenvalue weighted by atomic mass is 19.4. The maximum atomic E-state index is 14.2. The second kappa shape index (κ2) is 20.0. The molecule has 0 saturated carbocycles. The van der Waals surface area contributed by atoms with E-state index in [9.17, 15) is 105 Å². The van der Waals surface area contributed by atoms with Gasteiger partial charge in [0.25, 0.3) is 5.52 Å². The van der Waals surface area contributed by atoms with E-state index in [2.05, 4.69) is 51.1 Å². The van der Waals surface area contributed by atoms with Crippen LogP contribution in [0.5, 0.6) is 5.75 Å². The van der Waals surface area contributed by atoms with Crippen LogP contribution < -0.4 is 31.4 Å². The molecule has 0 radical (unpaired) electrons. The minimum atomic E-state index is -6.13. The fourth-order valence-electron chi connectivity index (χ4n) is 8.69. The number of alkyl halides is 24. The van der Waals surface area contributed by atoms with Crippen LogP contribution >= 0.6 is 0 Å². The second-order valence-electron chi connectivity index (χ2n) is 17.4. The summed E-state index contributed by atoms with van der Waals surface area (Å²) in [6, 6.07) is 7.78. The quantitative estimate of drug-likeness (QED) is 0.0919. The molecule has 412 valence electrons. The first-order valence-corrected chi connectivity index (χ1v) is 21.4. The molecule has 0 spiro atoms. The van der Waals surface area contributed by atoms with Gasteiger partial charge in [-0.3, -0.25) is 0 Å². The van der Waals surface area contributed by atoms with Gasteiger partial charge in [-0.05, 0) is 68.3 Å². The van der Waals surface area contributed by atoms with Gasteiger partial charge in [0, 0.05) is 16.9 Å². The molecule has 0 aliphatic heterocycles. The number of pyridine rings is 1. The first-order valence-electron chi connectivity index (χ1n) is 21.4. The lowest BCUT2D eigenvalue weighted by Gasteiger charge is -2.46. The largest absolute Gasteiger partial charge is 0.416 e. The zero-order valence-corrected chi connectivity index (χ0v) is 38.6. The van der Waals surface area contributed by atoms with Crippen LogP contribution in [0.25, 0.3) is 10.9 Å². The highest BCUT2D eigenvalue weighted by Gasteiger charge is 2.47. The van der Waals surface area contributed by atoms with Crippen LogP contribution in [0.15, 0.2) is 128 Å². The Labute approximate surface area is 418 Å². The van der Waals surface area contributed by atoms with E-state index in [1.807, 2.05) is 29.1 Å². The van der Waals surface area contributed by atoms with Crippen molar-refractivity contribution in [1.82, 2.24) is 0 Å². The molecule has 77 heavy (non-hydrogen) atoms. The number of hydrogen-bond donors (Lipinski definition) is 0. The standard InChI is InChI=1S/C32H12BF24.C18H18NO/c34-25(35,36)13-1-14(26(37,38)39)6-21(5-13)33(22-7-15(27(40,41)42)2-16(8-22)28(43,44)45,23-9-17(29(46,47)48)3-18(10-23)30(49,50)51)24-11-19(31(52,53)54)4-20(12-24)32(55,56)57;1-13-11-14(2)18(15(3)12-13)20-19-10-6-8-16-7-4-5-9-17(16)19/h1-12H;4-12H,1-3H3/q-1;+1. The number of aromatic nitrogens is 1. The first kappa shape index (κ1) is 59.2. The third kappa shape index (κ3) is 13.0. The highest BCUT2D eigenvalue weighted by Crippen LogP contribution is 2.41. The topological polar surface area (TPSA) is 13.1 Å². The van der Waals surface area contributed by atoms with Crippen LogP contribution in [0.4, 0.5) is 105 Å². The molecule has 1 heterocycles. The van der Waals surface area contributed by atoms with E-state index >= 15 is 0 Å². The predicted molar refractivity (Wildman–Crippen MR) is 231 cm³/mol. The summed E-state index contributed by atoms with van der Waals surface area (Å²) in [5.41, 5.74) is -25.6. The Morgan fingerprint density at radius 1 is 0.325 bits per heavy atom. The van der Waals surface area contributed by atoms with Crippen molar-refractivity contribution in [2.75, 3.05) is 0 Å². The molecule has 0 atom stereocenters. The molecule has 0 saturated heterocycles. The summed E-state index contributed by atoms with van der Waals surface area (Å²) >= 11 is 0. The van der Waals surface area contributed by atoms with Gasteiger partial charge in [-0.15, -0.1) is 0 Å². The number of benzene rings is 6. The minimum absolute atomic E-state index is 0.691. The number of nitrogens with zero attached hydrogens (tertiary/aromatic N) is 1. The molecule has 1 aromatic heterocycles. The van der Waals surface area contributed by atoms with Gasteiger partial charge in [-0.1, -0.05) is 78.4 Å². The molecule has 0 bridgehead atoms. The predicted octanol–water partition coefficient (Wildman–Crippen LogP) is 15.1. The molecule has 0 N–H and O–H groups in total. The van der Waals surface area contributed by atoms with Gasteiger partial charge in [0.15, 0.2) is 0 Å². The van der Waals surface area contributed by atoms with Crippen molar-refractivity contribution >= 4 is 38.9 Å². The van der Waals surface area contributed by atoms with E-state index in [1.165, 1.54) is 5.56 Å². The summed E-state index contributed by atoms with van der Waals surface area (Å²) in [6.07, 6.45) is -52.9. The molecule has 0 aliphatic rings. The molecule has 6 aromatic carbocycles. The first-order chi connectivity index (χ1) is 34.9. The number of fused-ring (bicyclic) bond motifs is 1. The van der Waals surface area contributed by atoms with E-state index in [-0.39, 0.29) is 0 Å². The molecule has 7 rings (SSSR count). The summed E-state index contributed by atoms with van der Waals surface area (Å²) in [7, 11) is 0. The van der Waals surface area contributed by atoms with Gasteiger partial charge in [-0.2, -0.15) is 127 Å². The normalized spacial score (nSPS) is 13.4. The van der Waals surface area contributed by atoms with Gasteiger partial charge < -0.3 is 0 Å². The van der Waals surface area contributed by atoms with Crippen molar-refractivity contribution in [2.45, 2.75) is 70.2 Å². The Hall–Kier alpha value is -7.09. The third-order valence-electron chi connectivity index (χ3n) is 11.9. The van der Waals surface area contributed by atoms with E-state index in [1.54, 1.807) is 0 Å². The molecule has 0 aliphatic carbocycles. The Kier molecular flexibility index (Phi) is 15.4. The van der Waals surface area contributed by atoms with Crippen LogP contribution in [0.3, 0.4) is 0 Å². The molecule has 2 nitrogen and oxygen atoms in total. The van der Waals surface area contributed by atoms with Gasteiger partial charge in [0.2, 0.25) is 11.9 Å². The van der Waals surface area contributed by atoms with E-state index in [4.69, 9.17) is 4.84 Å². The Balaban J connectivity index is 0.000000397. The fraction of sp³-hybridized carbons (Fsp3) is 0.220. The van der Waals surface area contributed by atoms with E-state index in [0.717, 1.165) is 27.8 Å². The summed E-state index contributed by atoms with van der Waals surface area (Å²) in [6.45, 7) is 6.27. The van der Waals surface area contributed by atoms with Crippen LogP contribution in [-0.2, 0) is 49.4 Å². The number of hydrogen-bond acceptors (Lipinski definition) is 1. The highest BCUT2D eigenvalue weighted by molar-refractivity contribution is 7.20. The average molecular weight is 1130 g/mol. The van der Waals surface area contributed by atoms with Crippen molar-refractivity contribution in [3.05, 3.63) is 189 Å². The Morgan fingerprint density at radius 3 is 0.831 bits per heavy atom. The van der Waals surface area contributed by atoms with Crippen LogP contribution in [0.2, 0.25) is 0 Å². The van der Waals surface area contributed by atoms with Crippen molar-refractivity contribution in [3.63, 3.8) is 0 Å². The van der Waals surface area contributed by atoms with Crippen molar-refractivity contribution < 1.29 is 115 Å². The van der Waals surface area contributed by atoms with Gasteiger partial charge in [0.05, 0.1) is 49.9 Å². The van der Waals surface area contributed by atoms with Gasteiger partial charge in [0.1, 0.15) is 6.15 Å². The molecular weight excluding hydrogens is 1100 g/mol. The third-order valence-corrected chi connectivity index (χ3v) is 11.9. The maximum absolute atomic E-state index is 14.2. The molecule has 0 amide bonds. The van der Waals surface area contributed by atoms with Crippen molar-refractivity contribution in [2.24, 2.45) is 0 Å². The van der Waals surface area contributed by atoms with E-state index in [0.29, 0.717) is 0 Å². The summed E-state index contributed by atoms with van der Waals surface area (Å²) < 4.78 is 343. The monoisotopic (exact) mass is 1130 g/mol. The summed E-state index contributed by atoms with van der Waals surface area (Å²) in [5, 5.41) is 1.16.